The van der Waals surface area contributed by atoms with Crippen LogP contribution in [0.2, 0.25) is 0 Å². The van der Waals surface area contributed by atoms with Crippen LogP contribution in [0, 0.1) is 0 Å². The number of hydrogen-bond donors (Lipinski definition) is 0. The first-order valence-corrected chi connectivity index (χ1v) is 8.03. The van der Waals surface area contributed by atoms with E-state index in [4.69, 9.17) is 9.51 Å². The molecule has 21 heavy (non-hydrogen) atoms. The predicted octanol–water partition coefficient (Wildman–Crippen LogP) is 3.06. The largest absolute Gasteiger partial charge is 0.338 e. The summed E-state index contributed by atoms with van der Waals surface area (Å²) in [6.45, 7) is 2.87. The van der Waals surface area contributed by atoms with E-state index in [1.165, 1.54) is 16.0 Å². The lowest BCUT2D eigenvalue weighted by Gasteiger charge is -2.29. The van der Waals surface area contributed by atoms with Crippen molar-refractivity contribution in [2.24, 2.45) is 0 Å². The molecule has 4 rings (SSSR count). The van der Waals surface area contributed by atoms with Crippen LogP contribution in [-0.4, -0.2) is 33.1 Å². The first-order chi connectivity index (χ1) is 10.4. The van der Waals surface area contributed by atoms with Crippen molar-refractivity contribution in [2.75, 3.05) is 13.1 Å². The second-order valence-electron chi connectivity index (χ2n) is 5.41. The van der Waals surface area contributed by atoms with Crippen LogP contribution in [0.5, 0.6) is 0 Å². The van der Waals surface area contributed by atoms with Crippen molar-refractivity contribution in [1.29, 1.82) is 0 Å². The van der Waals surface area contributed by atoms with Crippen LogP contribution < -0.4 is 0 Å². The number of aromatic nitrogens is 3. The lowest BCUT2D eigenvalue weighted by Crippen LogP contribution is -2.32. The number of benzene rings is 1. The minimum atomic E-state index is 0.585. The van der Waals surface area contributed by atoms with E-state index >= 15 is 0 Å². The van der Waals surface area contributed by atoms with Gasteiger partial charge in [-0.1, -0.05) is 17.3 Å². The Balaban J connectivity index is 1.42. The van der Waals surface area contributed by atoms with Gasteiger partial charge >= 0.3 is 0 Å². The fourth-order valence-electron chi connectivity index (χ4n) is 2.86. The van der Waals surface area contributed by atoms with Crippen molar-refractivity contribution in [3.63, 3.8) is 0 Å². The summed E-state index contributed by atoms with van der Waals surface area (Å²) in [5.41, 5.74) is 1.13. The number of rotatable bonds is 3. The molecule has 0 N–H and O–H groups in total. The summed E-state index contributed by atoms with van der Waals surface area (Å²) in [5, 5.41) is 4.94. The van der Waals surface area contributed by atoms with Crippen molar-refractivity contribution in [1.82, 2.24) is 20.0 Å². The van der Waals surface area contributed by atoms with Gasteiger partial charge in [0.25, 0.3) is 0 Å². The summed E-state index contributed by atoms with van der Waals surface area (Å²) in [4.78, 5) is 11.3. The molecule has 3 aromatic rings. The van der Waals surface area contributed by atoms with E-state index in [9.17, 15) is 0 Å². The Morgan fingerprint density at radius 3 is 2.86 bits per heavy atom. The molecular formula is C15H16N4OS. The molecule has 5 nitrogen and oxygen atoms in total. The number of fused-ring (bicyclic) bond motifs is 1. The number of likely N-dealkylation sites (tertiary alicyclic amines) is 1. The monoisotopic (exact) mass is 300 g/mol. The highest BCUT2D eigenvalue weighted by atomic mass is 32.1. The second kappa shape index (κ2) is 5.54. The Hall–Kier alpha value is -1.79. The topological polar surface area (TPSA) is 55.1 Å². The fraction of sp³-hybridized carbons (Fsp3) is 0.400. The van der Waals surface area contributed by atoms with Crippen molar-refractivity contribution in [2.45, 2.75) is 25.3 Å². The van der Waals surface area contributed by atoms with Gasteiger partial charge in [-0.05, 0) is 38.1 Å². The van der Waals surface area contributed by atoms with E-state index in [1.807, 2.05) is 11.3 Å². The minimum Gasteiger partial charge on any atom is -0.338 e. The van der Waals surface area contributed by atoms with Gasteiger partial charge in [-0.15, -0.1) is 11.3 Å². The molecule has 1 fully saturated rings. The van der Waals surface area contributed by atoms with Crippen LogP contribution in [0.1, 0.15) is 29.7 Å². The van der Waals surface area contributed by atoms with Gasteiger partial charge in [-0.2, -0.15) is 4.98 Å². The van der Waals surface area contributed by atoms with Gasteiger partial charge in [0.1, 0.15) is 0 Å². The van der Waals surface area contributed by atoms with Crippen molar-refractivity contribution >= 4 is 21.6 Å². The fourth-order valence-corrected chi connectivity index (χ4v) is 4.00. The average molecular weight is 300 g/mol. The Morgan fingerprint density at radius 2 is 2.10 bits per heavy atom. The van der Waals surface area contributed by atoms with Gasteiger partial charge in [0, 0.05) is 5.92 Å². The summed E-state index contributed by atoms with van der Waals surface area (Å²) >= 11 is 1.84. The molecule has 1 saturated heterocycles. The van der Waals surface area contributed by atoms with Crippen LogP contribution in [0.25, 0.3) is 10.2 Å². The van der Waals surface area contributed by atoms with Crippen molar-refractivity contribution in [3.8, 4) is 0 Å². The third-order valence-electron chi connectivity index (χ3n) is 4.01. The third kappa shape index (κ3) is 2.69. The molecule has 6 heteroatoms. The quantitative estimate of drug-likeness (QED) is 0.744. The summed E-state index contributed by atoms with van der Waals surface area (Å²) in [6, 6.07) is 8.39. The standard InChI is InChI=1S/C15H16N4OS/c1-2-4-13-12(3-1)18-15(21-13)11-5-7-19(8-6-11)9-14-16-10-17-20-14/h1-4,10-11H,5-9H2. The summed E-state index contributed by atoms with van der Waals surface area (Å²) in [6.07, 6.45) is 3.76. The molecule has 0 saturated carbocycles. The van der Waals surface area contributed by atoms with E-state index in [-0.39, 0.29) is 0 Å². The zero-order valence-corrected chi connectivity index (χ0v) is 12.4. The molecule has 0 unspecified atom stereocenters. The van der Waals surface area contributed by atoms with Gasteiger partial charge in [0.15, 0.2) is 6.33 Å². The summed E-state index contributed by atoms with van der Waals surface area (Å²) < 4.78 is 6.37. The Morgan fingerprint density at radius 1 is 1.24 bits per heavy atom. The van der Waals surface area contributed by atoms with Gasteiger partial charge < -0.3 is 4.52 Å². The number of piperidine rings is 1. The van der Waals surface area contributed by atoms with E-state index in [0.717, 1.165) is 38.0 Å². The highest BCUT2D eigenvalue weighted by molar-refractivity contribution is 7.18. The lowest BCUT2D eigenvalue weighted by molar-refractivity contribution is 0.181. The first kappa shape index (κ1) is 12.9. The molecule has 0 amide bonds. The second-order valence-corrected chi connectivity index (χ2v) is 6.47. The van der Waals surface area contributed by atoms with Crippen LogP contribution in [0.4, 0.5) is 0 Å². The van der Waals surface area contributed by atoms with Crippen molar-refractivity contribution < 1.29 is 4.52 Å². The molecule has 0 radical (unpaired) electrons. The van der Waals surface area contributed by atoms with E-state index in [2.05, 4.69) is 39.3 Å². The molecule has 0 spiro atoms. The third-order valence-corrected chi connectivity index (χ3v) is 5.21. The Bertz CT molecular complexity index is 683. The van der Waals surface area contributed by atoms with E-state index in [0.29, 0.717) is 11.8 Å². The highest BCUT2D eigenvalue weighted by Crippen LogP contribution is 2.33. The molecule has 0 aliphatic carbocycles. The van der Waals surface area contributed by atoms with E-state index in [1.54, 1.807) is 0 Å². The first-order valence-electron chi connectivity index (χ1n) is 7.22. The highest BCUT2D eigenvalue weighted by Gasteiger charge is 2.24. The van der Waals surface area contributed by atoms with Gasteiger partial charge in [0.05, 0.1) is 21.8 Å². The zero-order valence-electron chi connectivity index (χ0n) is 11.6. The van der Waals surface area contributed by atoms with Crippen molar-refractivity contribution in [3.05, 3.63) is 41.5 Å². The number of para-hydroxylation sites is 1. The van der Waals surface area contributed by atoms with Gasteiger partial charge in [-0.3, -0.25) is 4.90 Å². The maximum absolute atomic E-state index is 5.07. The zero-order chi connectivity index (χ0) is 14.1. The minimum absolute atomic E-state index is 0.585. The maximum atomic E-state index is 5.07. The molecule has 1 aromatic carbocycles. The van der Waals surface area contributed by atoms with Crippen LogP contribution in [0.3, 0.4) is 0 Å². The number of hydrogen-bond acceptors (Lipinski definition) is 6. The van der Waals surface area contributed by atoms with Gasteiger partial charge in [0.2, 0.25) is 5.89 Å². The van der Waals surface area contributed by atoms with Crippen LogP contribution >= 0.6 is 11.3 Å². The summed E-state index contributed by atoms with van der Waals surface area (Å²) in [7, 11) is 0. The Labute approximate surface area is 126 Å². The summed E-state index contributed by atoms with van der Waals surface area (Å²) in [5.74, 6) is 1.29. The number of nitrogens with zero attached hydrogens (tertiary/aromatic N) is 4. The average Bonchev–Trinajstić information content (AvgIpc) is 3.16. The molecule has 1 aliphatic heterocycles. The number of thiazole rings is 1. The van der Waals surface area contributed by atoms with Gasteiger partial charge in [-0.25, -0.2) is 4.98 Å². The maximum Gasteiger partial charge on any atom is 0.240 e. The molecule has 108 valence electrons. The molecule has 2 aromatic heterocycles. The molecule has 1 aliphatic rings. The predicted molar refractivity (Wildman–Crippen MR) is 81.2 cm³/mol. The SMILES string of the molecule is c1ccc2sc(C3CCN(Cc4ncno4)CC3)nc2c1. The normalized spacial score (nSPS) is 17.5. The molecular weight excluding hydrogens is 284 g/mol. The lowest BCUT2D eigenvalue weighted by atomic mass is 9.97. The molecule has 0 bridgehead atoms. The Kier molecular flexibility index (Phi) is 3.40. The smallest absolute Gasteiger partial charge is 0.240 e. The van der Waals surface area contributed by atoms with Crippen LogP contribution in [-0.2, 0) is 6.54 Å². The molecule has 0 atom stereocenters. The van der Waals surface area contributed by atoms with Crippen LogP contribution in [0.15, 0.2) is 35.1 Å². The van der Waals surface area contributed by atoms with E-state index < -0.39 is 0 Å². The molecule has 3 heterocycles.